The number of hydrogen-bond acceptors (Lipinski definition) is 3. The second-order valence-corrected chi connectivity index (χ2v) is 5.49. The van der Waals surface area contributed by atoms with Gasteiger partial charge in [0.25, 0.3) is 5.91 Å². The molecule has 0 saturated heterocycles. The third kappa shape index (κ3) is 6.05. The molecule has 4 nitrogen and oxygen atoms in total. The van der Waals surface area contributed by atoms with Crippen molar-refractivity contribution in [2.75, 3.05) is 25.2 Å². The number of ether oxygens (including phenoxy) is 1. The summed E-state index contributed by atoms with van der Waals surface area (Å²) in [6.45, 7) is -0.0416. The fourth-order valence-electron chi connectivity index (χ4n) is 1.27. The van der Waals surface area contributed by atoms with Crippen molar-refractivity contribution in [3.05, 3.63) is 29.8 Å². The van der Waals surface area contributed by atoms with Crippen molar-refractivity contribution < 1.29 is 26.9 Å². The number of rotatable bonds is 6. The Morgan fingerprint density at radius 3 is 2.40 bits per heavy atom. The lowest BCUT2D eigenvalue weighted by molar-refractivity contribution is -0.137. The van der Waals surface area contributed by atoms with Crippen molar-refractivity contribution in [2.24, 2.45) is 0 Å². The Balaban J connectivity index is 2.38. The van der Waals surface area contributed by atoms with E-state index in [0.717, 1.165) is 24.3 Å². The number of carbonyl (C=O) groups excluding carboxylic acids is 1. The van der Waals surface area contributed by atoms with Gasteiger partial charge in [0.05, 0.1) is 5.56 Å². The third-order valence-electron chi connectivity index (χ3n) is 2.26. The van der Waals surface area contributed by atoms with Gasteiger partial charge in [0.1, 0.15) is 5.75 Å². The molecule has 0 aliphatic heterocycles. The highest BCUT2D eigenvalue weighted by Crippen LogP contribution is 2.30. The molecule has 1 unspecified atom stereocenters. The average Bonchev–Trinajstić information content (AvgIpc) is 2.35. The van der Waals surface area contributed by atoms with E-state index in [0.29, 0.717) is 5.75 Å². The van der Waals surface area contributed by atoms with Crippen molar-refractivity contribution in [3.8, 4) is 5.75 Å². The minimum atomic E-state index is -4.40. The van der Waals surface area contributed by atoms with Crippen LogP contribution in [0.5, 0.6) is 5.75 Å². The zero-order valence-corrected chi connectivity index (χ0v) is 11.5. The lowest BCUT2D eigenvalue weighted by Gasteiger charge is -2.09. The predicted molar refractivity (Wildman–Crippen MR) is 68.9 cm³/mol. The van der Waals surface area contributed by atoms with Crippen LogP contribution in [-0.2, 0) is 21.8 Å². The molecule has 20 heavy (non-hydrogen) atoms. The molecule has 112 valence electrons. The maximum atomic E-state index is 12.3. The first kappa shape index (κ1) is 16.5. The van der Waals surface area contributed by atoms with Crippen LogP contribution in [-0.4, -0.2) is 35.3 Å². The fraction of sp³-hybridized carbons (Fsp3) is 0.417. The van der Waals surface area contributed by atoms with Gasteiger partial charge in [0.15, 0.2) is 6.61 Å². The summed E-state index contributed by atoms with van der Waals surface area (Å²) in [5, 5.41) is 2.48. The molecule has 0 radical (unpaired) electrons. The second-order valence-electron chi connectivity index (χ2n) is 3.94. The molecule has 0 aliphatic rings. The summed E-state index contributed by atoms with van der Waals surface area (Å²) in [7, 11) is -0.995. The molecular weight excluding hydrogens is 295 g/mol. The molecule has 1 aromatic carbocycles. The van der Waals surface area contributed by atoms with Gasteiger partial charge in [-0.15, -0.1) is 0 Å². The van der Waals surface area contributed by atoms with Gasteiger partial charge in [-0.25, -0.2) is 0 Å². The number of hydrogen-bond donors (Lipinski definition) is 1. The van der Waals surface area contributed by atoms with E-state index >= 15 is 0 Å². The minimum Gasteiger partial charge on any atom is -0.484 e. The van der Waals surface area contributed by atoms with Gasteiger partial charge < -0.3 is 10.1 Å². The third-order valence-corrected chi connectivity index (χ3v) is 3.04. The summed E-state index contributed by atoms with van der Waals surface area (Å²) >= 11 is 0. The van der Waals surface area contributed by atoms with E-state index in [1.54, 1.807) is 0 Å². The highest BCUT2D eigenvalue weighted by molar-refractivity contribution is 7.84. The van der Waals surface area contributed by atoms with E-state index in [2.05, 4.69) is 5.32 Å². The topological polar surface area (TPSA) is 55.4 Å². The van der Waals surface area contributed by atoms with Crippen molar-refractivity contribution in [2.45, 2.75) is 6.18 Å². The lowest BCUT2D eigenvalue weighted by Crippen LogP contribution is -2.31. The lowest BCUT2D eigenvalue weighted by atomic mass is 10.2. The van der Waals surface area contributed by atoms with Gasteiger partial charge in [0, 0.05) is 29.4 Å². The molecule has 0 aromatic heterocycles. The summed E-state index contributed by atoms with van der Waals surface area (Å²) in [6.07, 6.45) is -2.88. The Morgan fingerprint density at radius 2 is 1.90 bits per heavy atom. The fourth-order valence-corrected chi connectivity index (χ4v) is 1.66. The van der Waals surface area contributed by atoms with Crippen molar-refractivity contribution in [3.63, 3.8) is 0 Å². The number of amides is 1. The molecule has 8 heteroatoms. The predicted octanol–water partition coefficient (Wildman–Crippen LogP) is 1.58. The molecule has 1 atom stereocenters. The van der Waals surface area contributed by atoms with Gasteiger partial charge in [-0.3, -0.25) is 9.00 Å². The first-order valence-electron chi connectivity index (χ1n) is 5.66. The second kappa shape index (κ2) is 7.28. The zero-order chi connectivity index (χ0) is 15.2. The molecule has 1 amide bonds. The van der Waals surface area contributed by atoms with Gasteiger partial charge in [-0.1, -0.05) is 0 Å². The normalized spacial score (nSPS) is 12.8. The number of alkyl halides is 3. The minimum absolute atomic E-state index is 0.173. The van der Waals surface area contributed by atoms with Gasteiger partial charge >= 0.3 is 6.18 Å². The average molecular weight is 309 g/mol. The van der Waals surface area contributed by atoms with Crippen molar-refractivity contribution in [1.82, 2.24) is 5.32 Å². The van der Waals surface area contributed by atoms with E-state index in [-0.39, 0.29) is 18.9 Å². The monoisotopic (exact) mass is 309 g/mol. The van der Waals surface area contributed by atoms with Gasteiger partial charge in [-0.2, -0.15) is 13.2 Å². The molecule has 0 spiro atoms. The smallest absolute Gasteiger partial charge is 0.416 e. The van der Waals surface area contributed by atoms with Crippen molar-refractivity contribution >= 4 is 16.7 Å². The van der Waals surface area contributed by atoms with E-state index in [4.69, 9.17) is 4.74 Å². The van der Waals surface area contributed by atoms with Crippen LogP contribution >= 0.6 is 0 Å². The molecule has 0 heterocycles. The standard InChI is InChI=1S/C12H14F3NO3S/c1-20(18)7-6-16-11(17)8-19-10-4-2-9(3-5-10)12(13,14)15/h2-5H,6-8H2,1H3,(H,16,17). The number of halogens is 3. The van der Waals surface area contributed by atoms with Crippen LogP contribution in [0.15, 0.2) is 24.3 Å². The first-order chi connectivity index (χ1) is 9.29. The molecule has 1 aromatic rings. The Morgan fingerprint density at radius 1 is 1.30 bits per heavy atom. The highest BCUT2D eigenvalue weighted by Gasteiger charge is 2.30. The first-order valence-corrected chi connectivity index (χ1v) is 7.38. The van der Waals surface area contributed by atoms with Crippen LogP contribution in [0.3, 0.4) is 0 Å². The molecule has 0 fully saturated rings. The van der Waals surface area contributed by atoms with E-state index in [9.17, 15) is 22.2 Å². The summed E-state index contributed by atoms with van der Waals surface area (Å²) in [5.74, 6) is 0.0917. The van der Waals surface area contributed by atoms with Gasteiger partial charge in [0.2, 0.25) is 0 Å². The maximum Gasteiger partial charge on any atom is 0.416 e. The van der Waals surface area contributed by atoms with Crippen LogP contribution in [0.4, 0.5) is 13.2 Å². The highest BCUT2D eigenvalue weighted by atomic mass is 32.2. The molecule has 0 bridgehead atoms. The quantitative estimate of drug-likeness (QED) is 0.868. The molecular formula is C12H14F3NO3S. The van der Waals surface area contributed by atoms with E-state index < -0.39 is 28.4 Å². The number of nitrogens with one attached hydrogen (secondary N) is 1. The van der Waals surface area contributed by atoms with Crippen LogP contribution in [0, 0.1) is 0 Å². The number of benzene rings is 1. The van der Waals surface area contributed by atoms with Crippen molar-refractivity contribution in [1.29, 1.82) is 0 Å². The van der Waals surface area contributed by atoms with Crippen LogP contribution in [0.25, 0.3) is 0 Å². The SMILES string of the molecule is CS(=O)CCNC(=O)COc1ccc(C(F)(F)F)cc1. The maximum absolute atomic E-state index is 12.3. The molecule has 1 rings (SSSR count). The van der Waals surface area contributed by atoms with Crippen LogP contribution in [0.2, 0.25) is 0 Å². The Kier molecular flexibility index (Phi) is 6.00. The summed E-state index contributed by atoms with van der Waals surface area (Å²) < 4.78 is 52.7. The molecule has 1 N–H and O–H groups in total. The van der Waals surface area contributed by atoms with E-state index in [1.165, 1.54) is 6.26 Å². The number of carbonyl (C=O) groups is 1. The van der Waals surface area contributed by atoms with Gasteiger partial charge in [-0.05, 0) is 24.3 Å². The summed E-state index contributed by atoms with van der Waals surface area (Å²) in [6, 6.07) is 4.06. The summed E-state index contributed by atoms with van der Waals surface area (Å²) in [5.41, 5.74) is -0.778. The Labute approximate surface area is 116 Å². The Hall–Kier alpha value is -1.57. The zero-order valence-electron chi connectivity index (χ0n) is 10.7. The summed E-state index contributed by atoms with van der Waals surface area (Å²) in [4.78, 5) is 11.3. The van der Waals surface area contributed by atoms with Crippen LogP contribution in [0.1, 0.15) is 5.56 Å². The largest absolute Gasteiger partial charge is 0.484 e. The Bertz CT molecular complexity index is 474. The molecule has 0 saturated carbocycles. The van der Waals surface area contributed by atoms with E-state index in [1.807, 2.05) is 0 Å². The molecule has 0 aliphatic carbocycles. The van der Waals surface area contributed by atoms with Crippen LogP contribution < -0.4 is 10.1 Å².